The largest absolute Gasteiger partial charge is 2.00 e. The molecule has 0 saturated carbocycles. The first-order valence-electron chi connectivity index (χ1n) is 19.2. The van der Waals surface area contributed by atoms with Crippen LogP contribution in [0.3, 0.4) is 0 Å². The van der Waals surface area contributed by atoms with Crippen molar-refractivity contribution in [2.24, 2.45) is 11.8 Å². The van der Waals surface area contributed by atoms with Crippen molar-refractivity contribution in [2.45, 2.75) is 221 Å². The van der Waals surface area contributed by atoms with Gasteiger partial charge < -0.3 is 24.9 Å². The van der Waals surface area contributed by atoms with Gasteiger partial charge in [-0.25, -0.2) is 0 Å². The molecule has 0 rings (SSSR count). The van der Waals surface area contributed by atoms with Crippen molar-refractivity contribution in [3.05, 3.63) is 0 Å². The second-order valence-electron chi connectivity index (χ2n) is 13.8. The topological polar surface area (TPSA) is 100 Å². The number of carbonyl (C=O) groups excluding carboxylic acids is 2. The van der Waals surface area contributed by atoms with Crippen LogP contribution in [0.25, 0.3) is 0 Å². The minimum Gasteiger partial charge on any atom is -0.550 e. The number of hydrogen-bond donors (Lipinski definition) is 1. The average Bonchev–Trinajstić information content (AvgIpc) is 2.97. The predicted octanol–water partition coefficient (Wildman–Crippen LogP) is 10.1. The molecule has 6 heteroatoms. The van der Waals surface area contributed by atoms with Gasteiger partial charge >= 0.3 is 21.7 Å². The number of carboxylic acid groups (broad SMARTS) is 2. The average molecular weight is 675 g/mol. The molecule has 0 bridgehead atoms. The molecule has 0 radical (unpaired) electrons. The first-order valence-corrected chi connectivity index (χ1v) is 19.2. The second kappa shape index (κ2) is 45.7. The Morgan fingerprint density at radius 2 is 0.622 bits per heavy atom. The van der Waals surface area contributed by atoms with E-state index in [0.29, 0.717) is 6.61 Å². The van der Waals surface area contributed by atoms with Crippen molar-refractivity contribution in [1.29, 1.82) is 0 Å². The number of unbranched alkanes of at least 4 members (excludes halogenated alkanes) is 22. The van der Waals surface area contributed by atoms with Gasteiger partial charge in [-0.1, -0.05) is 189 Å². The SMILES string of the molecule is CC(C)CCCCCCCCCCCCCCC(=O)[O-].CC(C)CCCCCCCCCCCCCCC(=O)[O-].CCCO.[Ti+2]. The monoisotopic (exact) mass is 675 g/mol. The Kier molecular flexibility index (Phi) is 52.3. The van der Waals surface area contributed by atoms with E-state index in [-0.39, 0.29) is 34.6 Å². The standard InChI is InChI=1S/2C18H36O2.C3H8O.Ti/c2*1-17(2)15-13-11-9-7-5-3-4-6-8-10-12-14-16-18(19)20;1-2-3-4;/h2*17H,3-16H2,1-2H3,(H,19,20);4H,2-3H2,1H3;/q;;;+2/p-2. The fourth-order valence-corrected chi connectivity index (χ4v) is 5.18. The summed E-state index contributed by atoms with van der Waals surface area (Å²) in [5, 5.41) is 28.3. The van der Waals surface area contributed by atoms with Crippen LogP contribution in [0.1, 0.15) is 221 Å². The summed E-state index contributed by atoms with van der Waals surface area (Å²) in [6, 6.07) is 0. The Bertz CT molecular complexity index is 506. The van der Waals surface area contributed by atoms with Crippen LogP contribution in [0, 0.1) is 11.8 Å². The van der Waals surface area contributed by atoms with E-state index in [1.165, 1.54) is 141 Å². The van der Waals surface area contributed by atoms with E-state index in [2.05, 4.69) is 27.7 Å². The number of hydrogen-bond acceptors (Lipinski definition) is 5. The molecule has 268 valence electrons. The fraction of sp³-hybridized carbons (Fsp3) is 0.949. The zero-order valence-electron chi connectivity index (χ0n) is 30.9. The summed E-state index contributed by atoms with van der Waals surface area (Å²) in [5.41, 5.74) is 0. The van der Waals surface area contributed by atoms with Crippen molar-refractivity contribution in [3.8, 4) is 0 Å². The van der Waals surface area contributed by atoms with Gasteiger partial charge in [0.2, 0.25) is 0 Å². The zero-order valence-corrected chi connectivity index (χ0v) is 32.5. The van der Waals surface area contributed by atoms with Crippen LogP contribution >= 0.6 is 0 Å². The van der Waals surface area contributed by atoms with Crippen LogP contribution in [0.5, 0.6) is 0 Å². The molecule has 0 aliphatic carbocycles. The molecule has 0 aromatic heterocycles. The summed E-state index contributed by atoms with van der Waals surface area (Å²) in [7, 11) is 0. The Labute approximate surface area is 296 Å². The summed E-state index contributed by atoms with van der Waals surface area (Å²) in [5.74, 6) is -0.0830. The quantitative estimate of drug-likeness (QED) is 0.0583. The van der Waals surface area contributed by atoms with Crippen LogP contribution in [0.4, 0.5) is 0 Å². The molecular formula is C39H78O5Ti. The van der Waals surface area contributed by atoms with Gasteiger partial charge in [0.05, 0.1) is 0 Å². The smallest absolute Gasteiger partial charge is 0.550 e. The summed E-state index contributed by atoms with van der Waals surface area (Å²) in [4.78, 5) is 20.4. The molecule has 0 fully saturated rings. The first-order chi connectivity index (χ1) is 21.2. The molecule has 0 aliphatic heterocycles. The molecule has 0 amide bonds. The predicted molar refractivity (Wildman–Crippen MR) is 186 cm³/mol. The number of rotatable bonds is 31. The molecule has 0 aromatic carbocycles. The first kappa shape index (κ1) is 51.4. The molecule has 0 atom stereocenters. The molecule has 0 unspecified atom stereocenters. The third kappa shape index (κ3) is 63.0. The van der Waals surface area contributed by atoms with Gasteiger partial charge in [0.15, 0.2) is 0 Å². The normalized spacial score (nSPS) is 10.6. The third-order valence-electron chi connectivity index (χ3n) is 8.05. The second-order valence-corrected chi connectivity index (χ2v) is 13.8. The van der Waals surface area contributed by atoms with Gasteiger partial charge in [0.25, 0.3) is 0 Å². The van der Waals surface area contributed by atoms with E-state index in [9.17, 15) is 19.8 Å². The van der Waals surface area contributed by atoms with Crippen molar-refractivity contribution < 1.29 is 46.6 Å². The summed E-state index contributed by atoms with van der Waals surface area (Å²) >= 11 is 0. The molecule has 0 heterocycles. The van der Waals surface area contributed by atoms with Crippen LogP contribution in [-0.2, 0) is 31.3 Å². The molecule has 0 saturated heterocycles. The van der Waals surface area contributed by atoms with Gasteiger partial charge in [-0.15, -0.1) is 0 Å². The maximum Gasteiger partial charge on any atom is 2.00 e. The number of carboxylic acids is 2. The van der Waals surface area contributed by atoms with Crippen LogP contribution in [0.15, 0.2) is 0 Å². The van der Waals surface area contributed by atoms with Gasteiger partial charge in [-0.2, -0.15) is 0 Å². The zero-order chi connectivity index (χ0) is 33.5. The number of aliphatic hydroxyl groups is 1. The molecule has 0 aromatic rings. The summed E-state index contributed by atoms with van der Waals surface area (Å²) in [6.45, 7) is 11.5. The van der Waals surface area contributed by atoms with Crippen molar-refractivity contribution in [2.75, 3.05) is 6.61 Å². The molecular weight excluding hydrogens is 596 g/mol. The van der Waals surface area contributed by atoms with Crippen molar-refractivity contribution in [3.63, 3.8) is 0 Å². The summed E-state index contributed by atoms with van der Waals surface area (Å²) in [6.07, 6.45) is 34.9. The molecule has 0 aliphatic rings. The maximum absolute atomic E-state index is 10.2. The van der Waals surface area contributed by atoms with E-state index >= 15 is 0 Å². The van der Waals surface area contributed by atoms with Crippen molar-refractivity contribution >= 4 is 11.9 Å². The van der Waals surface area contributed by atoms with Gasteiger partial charge in [-0.3, -0.25) is 0 Å². The van der Waals surface area contributed by atoms with Crippen LogP contribution in [0.2, 0.25) is 0 Å². The van der Waals surface area contributed by atoms with Gasteiger partial charge in [-0.05, 0) is 43.9 Å². The molecule has 5 nitrogen and oxygen atoms in total. The Hall–Kier alpha value is -0.386. The van der Waals surface area contributed by atoms with Gasteiger partial charge in [0, 0.05) is 18.5 Å². The van der Waals surface area contributed by atoms with Crippen molar-refractivity contribution in [1.82, 2.24) is 0 Å². The molecule has 45 heavy (non-hydrogen) atoms. The fourth-order valence-electron chi connectivity index (χ4n) is 5.18. The minimum absolute atomic E-state index is 0. The molecule has 0 spiro atoms. The number of aliphatic hydroxyl groups excluding tert-OH is 1. The maximum atomic E-state index is 10.2. The minimum atomic E-state index is -0.904. The summed E-state index contributed by atoms with van der Waals surface area (Å²) < 4.78 is 0. The van der Waals surface area contributed by atoms with E-state index < -0.39 is 11.9 Å². The Morgan fingerprint density at radius 3 is 0.778 bits per heavy atom. The molecule has 1 N–H and O–H groups in total. The Balaban J connectivity index is -0.000000327. The van der Waals surface area contributed by atoms with E-state index in [1.807, 2.05) is 6.92 Å². The Morgan fingerprint density at radius 1 is 0.444 bits per heavy atom. The van der Waals surface area contributed by atoms with Crippen LogP contribution in [-0.4, -0.2) is 23.7 Å². The van der Waals surface area contributed by atoms with Crippen LogP contribution < -0.4 is 10.2 Å². The third-order valence-corrected chi connectivity index (χ3v) is 8.05. The van der Waals surface area contributed by atoms with E-state index in [4.69, 9.17) is 5.11 Å². The van der Waals surface area contributed by atoms with Gasteiger partial charge in [0.1, 0.15) is 0 Å². The van der Waals surface area contributed by atoms with E-state index in [0.717, 1.165) is 43.9 Å². The number of carbonyl (C=O) groups is 2. The number of aliphatic carboxylic acids is 2. The van der Waals surface area contributed by atoms with E-state index in [1.54, 1.807) is 0 Å².